The normalized spacial score (nSPS) is 15.3. The first kappa shape index (κ1) is 22.8. The first-order valence-electron chi connectivity index (χ1n) is 9.76. The highest BCUT2D eigenvalue weighted by atomic mass is 19.4. The number of carbonyl (C=O) groups excluding carboxylic acids is 2. The van der Waals surface area contributed by atoms with Crippen LogP contribution in [-0.2, 0) is 9.53 Å². The summed E-state index contributed by atoms with van der Waals surface area (Å²) in [4.78, 5) is 22.9. The Kier molecular flexibility index (Phi) is 8.54. The predicted molar refractivity (Wildman–Crippen MR) is 103 cm³/mol. The van der Waals surface area contributed by atoms with Gasteiger partial charge < -0.3 is 14.8 Å². The number of amides is 1. The summed E-state index contributed by atoms with van der Waals surface area (Å²) < 4.78 is 47.5. The van der Waals surface area contributed by atoms with E-state index in [0.29, 0.717) is 29.4 Å². The summed E-state index contributed by atoms with van der Waals surface area (Å²) >= 11 is 0. The van der Waals surface area contributed by atoms with Gasteiger partial charge in [-0.25, -0.2) is 4.79 Å². The van der Waals surface area contributed by atoms with Crippen molar-refractivity contribution in [3.05, 3.63) is 35.4 Å². The molecule has 0 radical (unpaired) electrons. The standard InChI is InChI=1S/C21H26F3NO4/c1-2-28-19(26)17-11-16(9-6-10-25-20(27)21(22,23)24)12-18(13-17)29-14-15-7-4-3-5-8-15/h6,9,11-13,15H,2-5,7-8,10,14H2,1H3,(H,25,27)/b9-6+. The smallest absolute Gasteiger partial charge is 0.471 e. The van der Waals surface area contributed by atoms with Crippen LogP contribution in [-0.4, -0.2) is 37.8 Å². The third kappa shape index (κ3) is 7.79. The number of hydrogen-bond acceptors (Lipinski definition) is 4. The molecule has 0 heterocycles. The van der Waals surface area contributed by atoms with Gasteiger partial charge in [0.25, 0.3) is 0 Å². The van der Waals surface area contributed by atoms with E-state index in [1.165, 1.54) is 31.4 Å². The third-order valence-electron chi connectivity index (χ3n) is 4.60. The molecule has 1 N–H and O–H groups in total. The molecule has 0 bridgehead atoms. The average molecular weight is 413 g/mol. The van der Waals surface area contributed by atoms with Gasteiger partial charge in [-0.2, -0.15) is 13.2 Å². The van der Waals surface area contributed by atoms with Gasteiger partial charge >= 0.3 is 18.1 Å². The zero-order valence-electron chi connectivity index (χ0n) is 16.4. The maximum atomic E-state index is 12.2. The van der Waals surface area contributed by atoms with Gasteiger partial charge in [0.1, 0.15) is 5.75 Å². The maximum absolute atomic E-state index is 12.2. The van der Waals surface area contributed by atoms with E-state index in [9.17, 15) is 22.8 Å². The van der Waals surface area contributed by atoms with Crippen LogP contribution >= 0.6 is 0 Å². The van der Waals surface area contributed by atoms with Crippen LogP contribution < -0.4 is 10.1 Å². The monoisotopic (exact) mass is 413 g/mol. The van der Waals surface area contributed by atoms with E-state index in [1.54, 1.807) is 30.4 Å². The Labute approximate surface area is 168 Å². The summed E-state index contributed by atoms with van der Waals surface area (Å²) in [7, 11) is 0. The Morgan fingerprint density at radius 2 is 1.90 bits per heavy atom. The fourth-order valence-electron chi connectivity index (χ4n) is 3.15. The van der Waals surface area contributed by atoms with Crippen LogP contribution in [0.3, 0.4) is 0 Å². The van der Waals surface area contributed by atoms with Gasteiger partial charge in [-0.1, -0.05) is 31.4 Å². The number of nitrogens with one attached hydrogen (secondary N) is 1. The lowest BCUT2D eigenvalue weighted by atomic mass is 9.90. The first-order valence-corrected chi connectivity index (χ1v) is 9.76. The number of ether oxygens (including phenoxy) is 2. The highest BCUT2D eigenvalue weighted by Crippen LogP contribution is 2.26. The summed E-state index contributed by atoms with van der Waals surface area (Å²) in [6.45, 7) is 2.18. The van der Waals surface area contributed by atoms with Crippen LogP contribution in [0.15, 0.2) is 24.3 Å². The van der Waals surface area contributed by atoms with Crippen LogP contribution in [0.1, 0.15) is 54.9 Å². The maximum Gasteiger partial charge on any atom is 0.471 e. The van der Waals surface area contributed by atoms with Gasteiger partial charge in [-0.3, -0.25) is 4.79 Å². The highest BCUT2D eigenvalue weighted by Gasteiger charge is 2.37. The molecule has 29 heavy (non-hydrogen) atoms. The summed E-state index contributed by atoms with van der Waals surface area (Å²) in [5.74, 6) is -1.53. The molecule has 0 aromatic heterocycles. The van der Waals surface area contributed by atoms with Crippen molar-refractivity contribution in [1.29, 1.82) is 0 Å². The molecule has 1 saturated carbocycles. The van der Waals surface area contributed by atoms with E-state index in [2.05, 4.69) is 0 Å². The Morgan fingerprint density at radius 1 is 1.17 bits per heavy atom. The minimum atomic E-state index is -4.92. The van der Waals surface area contributed by atoms with Crippen LogP contribution in [0, 0.1) is 5.92 Å². The molecule has 1 fully saturated rings. The largest absolute Gasteiger partial charge is 0.493 e. The lowest BCUT2D eigenvalue weighted by Gasteiger charge is -2.22. The summed E-state index contributed by atoms with van der Waals surface area (Å²) in [5, 5.41) is 1.76. The van der Waals surface area contributed by atoms with Crippen molar-refractivity contribution in [3.8, 4) is 5.75 Å². The summed E-state index contributed by atoms with van der Waals surface area (Å²) in [5.41, 5.74) is 0.863. The molecule has 0 atom stereocenters. The molecule has 5 nitrogen and oxygen atoms in total. The second-order valence-corrected chi connectivity index (χ2v) is 6.94. The van der Waals surface area contributed by atoms with Crippen molar-refractivity contribution in [2.24, 2.45) is 5.92 Å². The number of rotatable bonds is 8. The molecule has 1 aliphatic rings. The van der Waals surface area contributed by atoms with Crippen LogP contribution in [0.2, 0.25) is 0 Å². The number of esters is 1. The average Bonchev–Trinajstić information content (AvgIpc) is 2.69. The van der Waals surface area contributed by atoms with Crippen molar-refractivity contribution >= 4 is 18.0 Å². The molecule has 0 aliphatic heterocycles. The fourth-order valence-corrected chi connectivity index (χ4v) is 3.15. The van der Waals surface area contributed by atoms with Crippen LogP contribution in [0.5, 0.6) is 5.75 Å². The molecule has 0 saturated heterocycles. The molecule has 160 valence electrons. The number of hydrogen-bond donors (Lipinski definition) is 1. The van der Waals surface area contributed by atoms with E-state index in [4.69, 9.17) is 9.47 Å². The Morgan fingerprint density at radius 3 is 2.55 bits per heavy atom. The minimum Gasteiger partial charge on any atom is -0.493 e. The van der Waals surface area contributed by atoms with Gasteiger partial charge in [0, 0.05) is 6.54 Å². The van der Waals surface area contributed by atoms with E-state index < -0.39 is 18.1 Å². The second-order valence-electron chi connectivity index (χ2n) is 6.94. The number of benzene rings is 1. The molecular formula is C21H26F3NO4. The zero-order valence-corrected chi connectivity index (χ0v) is 16.4. The minimum absolute atomic E-state index is 0.223. The van der Waals surface area contributed by atoms with Crippen molar-refractivity contribution in [2.45, 2.75) is 45.2 Å². The van der Waals surface area contributed by atoms with Crippen LogP contribution in [0.4, 0.5) is 13.2 Å². The van der Waals surface area contributed by atoms with Gasteiger partial charge in [-0.05, 0) is 49.4 Å². The van der Waals surface area contributed by atoms with Gasteiger partial charge in [0.15, 0.2) is 0 Å². The summed E-state index contributed by atoms with van der Waals surface area (Å²) in [6, 6.07) is 4.87. The quantitative estimate of drug-likeness (QED) is 0.637. The molecule has 0 unspecified atom stereocenters. The molecule has 1 aliphatic carbocycles. The van der Waals surface area contributed by atoms with Gasteiger partial charge in [-0.15, -0.1) is 0 Å². The van der Waals surface area contributed by atoms with Gasteiger partial charge in [0.05, 0.1) is 18.8 Å². The number of alkyl halides is 3. The Balaban J connectivity index is 2.06. The SMILES string of the molecule is CCOC(=O)c1cc(/C=C/CNC(=O)C(F)(F)F)cc(OCC2CCCCC2)c1. The molecule has 1 amide bonds. The van der Waals surface area contributed by atoms with Crippen molar-refractivity contribution < 1.29 is 32.2 Å². The number of carbonyl (C=O) groups is 2. The molecule has 0 spiro atoms. The van der Waals surface area contributed by atoms with E-state index in [-0.39, 0.29) is 13.2 Å². The Bertz CT molecular complexity index is 725. The molecule has 1 aromatic carbocycles. The lowest BCUT2D eigenvalue weighted by Crippen LogP contribution is -2.36. The molecule has 1 aromatic rings. The van der Waals surface area contributed by atoms with Crippen molar-refractivity contribution in [3.63, 3.8) is 0 Å². The fraction of sp³-hybridized carbons (Fsp3) is 0.524. The zero-order chi connectivity index (χ0) is 21.3. The van der Waals surface area contributed by atoms with E-state index in [0.717, 1.165) is 12.8 Å². The molecule has 8 heteroatoms. The predicted octanol–water partition coefficient (Wildman–Crippen LogP) is 4.51. The van der Waals surface area contributed by atoms with E-state index >= 15 is 0 Å². The topological polar surface area (TPSA) is 64.6 Å². The molecular weight excluding hydrogens is 387 g/mol. The van der Waals surface area contributed by atoms with Crippen molar-refractivity contribution in [1.82, 2.24) is 5.32 Å². The van der Waals surface area contributed by atoms with Crippen LogP contribution in [0.25, 0.3) is 6.08 Å². The highest BCUT2D eigenvalue weighted by molar-refractivity contribution is 5.90. The van der Waals surface area contributed by atoms with Gasteiger partial charge in [0.2, 0.25) is 0 Å². The van der Waals surface area contributed by atoms with E-state index in [1.807, 2.05) is 0 Å². The number of halogens is 3. The lowest BCUT2D eigenvalue weighted by molar-refractivity contribution is -0.173. The third-order valence-corrected chi connectivity index (χ3v) is 4.60. The Hall–Kier alpha value is -2.51. The first-order chi connectivity index (χ1) is 13.8. The van der Waals surface area contributed by atoms with Crippen molar-refractivity contribution in [2.75, 3.05) is 19.8 Å². The summed E-state index contributed by atoms with van der Waals surface area (Å²) in [6.07, 6.45) is 3.83. The molecule has 2 rings (SSSR count). The second kappa shape index (κ2) is 10.9.